The van der Waals surface area contributed by atoms with Crippen LogP contribution < -0.4 is 71.6 Å². The van der Waals surface area contributed by atoms with Gasteiger partial charge in [-0.3, -0.25) is 53.1 Å². The molecule has 0 unspecified atom stereocenters. The molecule has 0 saturated carbocycles. The first-order valence-corrected chi connectivity index (χ1v) is 27.4. The van der Waals surface area contributed by atoms with Gasteiger partial charge in [0.15, 0.2) is 11.9 Å². The minimum Gasteiger partial charge on any atom is -0.481 e. The minimum absolute atomic E-state index is 0.0178. The number of primary amides is 1. The average molecular weight is 1180 g/mol. The van der Waals surface area contributed by atoms with Crippen molar-refractivity contribution in [2.75, 3.05) is 18.8 Å². The smallest absolute Gasteiger partial charge is 0.326 e. The number of carboxylic acids is 2. The van der Waals surface area contributed by atoms with Gasteiger partial charge in [0.05, 0.1) is 6.04 Å². The number of hydrogen-bond acceptors (Lipinski definition) is 14. The number of nitrogens with two attached hydrogens (primary N) is 6. The largest absolute Gasteiger partial charge is 0.481 e. The number of aliphatic carboxylic acids is 2. The summed E-state index contributed by atoms with van der Waals surface area (Å²) in [6.45, 7) is 3.58. The number of carbonyl (C=O) groups is 10. The highest BCUT2D eigenvalue weighted by Gasteiger charge is 2.36. The number of carbonyl (C=O) groups excluding carboxylic acids is 8. The van der Waals surface area contributed by atoms with Crippen LogP contribution in [0.5, 0.6) is 0 Å². The van der Waals surface area contributed by atoms with Crippen molar-refractivity contribution in [3.63, 3.8) is 0 Å². The van der Waals surface area contributed by atoms with E-state index < -0.39 is 133 Å². The van der Waals surface area contributed by atoms with Gasteiger partial charge in [0.2, 0.25) is 47.3 Å². The lowest BCUT2D eigenvalue weighted by Gasteiger charge is -2.28. The Hall–Kier alpha value is -8.93. The molecule has 2 aromatic carbocycles. The number of rotatable bonds is 36. The maximum atomic E-state index is 14.9. The van der Waals surface area contributed by atoms with E-state index in [9.17, 15) is 58.2 Å². The molecule has 2 aromatic heterocycles. The highest BCUT2D eigenvalue weighted by Crippen LogP contribution is 2.22. The molecule has 83 heavy (non-hydrogen) atoms. The van der Waals surface area contributed by atoms with Crippen LogP contribution in [0.2, 0.25) is 0 Å². The van der Waals surface area contributed by atoms with Crippen LogP contribution in [0.25, 0.3) is 21.8 Å². The first-order valence-electron chi connectivity index (χ1n) is 26.8. The van der Waals surface area contributed by atoms with E-state index in [1.54, 1.807) is 50.5 Å². The lowest BCUT2D eigenvalue weighted by molar-refractivity contribution is -0.142. The topological polar surface area (TPSA) is 508 Å². The van der Waals surface area contributed by atoms with E-state index in [1.807, 2.05) is 24.3 Å². The molecule has 0 fully saturated rings. The standard InChI is InChI=1S/C53H77N17O12S/c1-27(2)21-39(69-50(80)40(68-44(74)32(54)26-83)22-28-24-62-33-11-5-3-9-30(28)33)48(78)70-41(23-29-25-63-34-12-6-4-10-31(29)34)49(79)64-35(13-7-19-60-52(56)57)45(75)66-37(16-18-43(72)73)46(76)65-36(15-17-42(55)71)47(77)67-38(51(81)82)14-8-20-61-53(58)59/h3-6,9-12,24-25,27,32,35-41,62-63,83H,7-8,13-23,26,54H2,1-2H3,(H2,55,71)(H,64,79)(H,65,76)(H,66,75)(H,67,77)(H,68,74)(H,69,80)(H,70,78)(H,72,73)(H,81,82)(H4,56,57,60)(H4,58,59,61)/t32-,35-,36-,37-,38-,39-,40-,41-/m0/s1. The predicted octanol–water partition coefficient (Wildman–Crippen LogP) is -2.55. The zero-order valence-electron chi connectivity index (χ0n) is 46.2. The molecule has 452 valence electrons. The molecule has 0 saturated heterocycles. The summed E-state index contributed by atoms with van der Waals surface area (Å²) in [5, 5.41) is 39.1. The predicted molar refractivity (Wildman–Crippen MR) is 312 cm³/mol. The molecule has 2 heterocycles. The summed E-state index contributed by atoms with van der Waals surface area (Å²) >= 11 is 4.14. The number of H-pyrrole nitrogens is 2. The fraction of sp³-hybridized carbons (Fsp3) is 0.472. The van der Waals surface area contributed by atoms with Crippen molar-refractivity contribution in [3.05, 3.63) is 72.1 Å². The first kappa shape index (κ1) is 66.6. The van der Waals surface area contributed by atoms with E-state index in [0.717, 1.165) is 10.9 Å². The average Bonchev–Trinajstić information content (AvgIpc) is 4.08. The molecule has 0 aliphatic carbocycles. The molecule has 8 amide bonds. The molecule has 0 spiro atoms. The lowest BCUT2D eigenvalue weighted by Crippen LogP contribution is -2.60. The number of guanidine groups is 2. The number of aromatic nitrogens is 2. The lowest BCUT2D eigenvalue weighted by atomic mass is 9.99. The Kier molecular flexibility index (Phi) is 26.6. The Labute approximate surface area is 483 Å². The summed E-state index contributed by atoms with van der Waals surface area (Å²) in [4.78, 5) is 149. The van der Waals surface area contributed by atoms with Gasteiger partial charge in [-0.2, -0.15) is 12.6 Å². The first-order chi connectivity index (χ1) is 39.4. The normalized spacial score (nSPS) is 14.0. The second kappa shape index (κ2) is 33.1. The van der Waals surface area contributed by atoms with Crippen LogP contribution >= 0.6 is 12.6 Å². The van der Waals surface area contributed by atoms with Crippen molar-refractivity contribution in [3.8, 4) is 0 Å². The molecule has 4 rings (SSSR count). The number of carboxylic acid groups (broad SMARTS) is 2. The number of aromatic amines is 2. The van der Waals surface area contributed by atoms with Crippen LogP contribution in [-0.2, 0) is 60.8 Å². The Morgan fingerprint density at radius 1 is 0.518 bits per heavy atom. The van der Waals surface area contributed by atoms with Crippen molar-refractivity contribution in [1.29, 1.82) is 0 Å². The van der Waals surface area contributed by atoms with Gasteiger partial charge in [-0.25, -0.2) is 4.79 Å². The molecule has 29 nitrogen and oxygen atoms in total. The number of hydrogen-bond donors (Lipinski definition) is 18. The second-order valence-electron chi connectivity index (χ2n) is 20.1. The van der Waals surface area contributed by atoms with E-state index >= 15 is 0 Å². The number of benzene rings is 2. The van der Waals surface area contributed by atoms with Crippen molar-refractivity contribution >= 4 is 106 Å². The highest BCUT2D eigenvalue weighted by molar-refractivity contribution is 7.80. The molecule has 0 aliphatic heterocycles. The summed E-state index contributed by atoms with van der Waals surface area (Å²) in [5.74, 6) is -10.9. The van der Waals surface area contributed by atoms with Crippen LogP contribution in [0.15, 0.2) is 70.9 Å². The van der Waals surface area contributed by atoms with E-state index in [0.29, 0.717) is 22.0 Å². The van der Waals surface area contributed by atoms with Crippen LogP contribution in [0.4, 0.5) is 0 Å². The van der Waals surface area contributed by atoms with E-state index in [-0.39, 0.29) is 81.6 Å². The molecular weight excluding hydrogens is 1100 g/mol. The Bertz CT molecular complexity index is 2970. The van der Waals surface area contributed by atoms with Gasteiger partial charge >= 0.3 is 11.9 Å². The number of amides is 8. The molecular formula is C53H77N17O12S. The summed E-state index contributed by atoms with van der Waals surface area (Å²) in [6.07, 6.45) is 0.727. The third kappa shape index (κ3) is 22.2. The van der Waals surface area contributed by atoms with Gasteiger partial charge in [0.25, 0.3) is 0 Å². The van der Waals surface area contributed by atoms with Gasteiger partial charge in [0.1, 0.15) is 42.3 Å². The zero-order valence-corrected chi connectivity index (χ0v) is 47.0. The maximum absolute atomic E-state index is 14.9. The Morgan fingerprint density at radius 2 is 0.892 bits per heavy atom. The summed E-state index contributed by atoms with van der Waals surface area (Å²) < 4.78 is 0. The second-order valence-corrected chi connectivity index (χ2v) is 20.5. The van der Waals surface area contributed by atoms with Crippen LogP contribution in [0.3, 0.4) is 0 Å². The van der Waals surface area contributed by atoms with Crippen LogP contribution in [0.1, 0.15) is 82.8 Å². The van der Waals surface area contributed by atoms with E-state index in [1.165, 1.54) is 0 Å². The molecule has 0 bridgehead atoms. The molecule has 0 radical (unpaired) electrons. The molecule has 0 aliphatic rings. The third-order valence-corrected chi connectivity index (χ3v) is 13.5. The Balaban J connectivity index is 1.69. The number of nitrogens with zero attached hydrogens (tertiary/aromatic N) is 2. The van der Waals surface area contributed by atoms with Crippen LogP contribution in [0, 0.1) is 5.92 Å². The highest BCUT2D eigenvalue weighted by atomic mass is 32.1. The van der Waals surface area contributed by atoms with Gasteiger partial charge in [0, 0.05) is 78.7 Å². The fourth-order valence-electron chi connectivity index (χ4n) is 8.78. The van der Waals surface area contributed by atoms with E-state index in [4.69, 9.17) is 34.4 Å². The van der Waals surface area contributed by atoms with Gasteiger partial charge in [-0.05, 0) is 74.1 Å². The molecule has 23 N–H and O–H groups in total. The Morgan fingerprint density at radius 3 is 1.31 bits per heavy atom. The molecule has 8 atom stereocenters. The van der Waals surface area contributed by atoms with Crippen LogP contribution in [-0.4, -0.2) is 158 Å². The van der Waals surface area contributed by atoms with Crippen molar-refractivity contribution in [2.24, 2.45) is 50.3 Å². The molecule has 4 aromatic rings. The zero-order chi connectivity index (χ0) is 61.3. The monoisotopic (exact) mass is 1180 g/mol. The third-order valence-electron chi connectivity index (χ3n) is 13.1. The van der Waals surface area contributed by atoms with E-state index in [2.05, 4.69) is 69.8 Å². The number of thiol groups is 1. The summed E-state index contributed by atoms with van der Waals surface area (Å²) in [7, 11) is 0. The fourth-order valence-corrected chi connectivity index (χ4v) is 8.95. The van der Waals surface area contributed by atoms with Crippen molar-refractivity contribution in [2.45, 2.75) is 133 Å². The summed E-state index contributed by atoms with van der Waals surface area (Å²) in [6, 6.07) is 2.87. The number of nitrogens with one attached hydrogen (secondary N) is 9. The SMILES string of the molecule is CC(C)C[C@H](NC(=O)[C@H](Cc1c[nH]c2ccccc12)NC(=O)[C@@H](N)CS)C(=O)N[C@@H](Cc1c[nH]c2ccccc12)C(=O)N[C@@H](CCCN=C(N)N)C(=O)N[C@@H](CCC(=O)O)C(=O)N[C@@H](CCC(N)=O)C(=O)N[C@@H](CCCN=C(N)N)C(=O)O. The minimum atomic E-state index is -1.74. The van der Waals surface area contributed by atoms with Gasteiger partial charge < -0.3 is 91.8 Å². The quantitative estimate of drug-likeness (QED) is 0.00965. The van der Waals surface area contributed by atoms with Gasteiger partial charge in [-0.1, -0.05) is 50.2 Å². The molecule has 30 heteroatoms. The van der Waals surface area contributed by atoms with Gasteiger partial charge in [-0.15, -0.1) is 0 Å². The van der Waals surface area contributed by atoms with Crippen molar-refractivity contribution in [1.82, 2.24) is 47.2 Å². The number of fused-ring (bicyclic) bond motifs is 2. The van der Waals surface area contributed by atoms with Crippen molar-refractivity contribution < 1.29 is 58.2 Å². The number of aliphatic imine (C=N–C) groups is 2. The maximum Gasteiger partial charge on any atom is 0.326 e. The number of para-hydroxylation sites is 2. The summed E-state index contributed by atoms with van der Waals surface area (Å²) in [5.41, 5.74) is 35.9.